The molecule has 0 heterocycles. The predicted molar refractivity (Wildman–Crippen MR) is 21.3 cm³/mol. The Bertz CT molecular complexity index is 6.00. The van der Waals surface area contributed by atoms with Gasteiger partial charge in [0.15, 0.2) is 0 Å². The SMILES string of the molecule is CCO.[SnH2]. The van der Waals surface area contributed by atoms with Gasteiger partial charge in [0.05, 0.1) is 0 Å². The van der Waals surface area contributed by atoms with Gasteiger partial charge >= 0.3 is 23.9 Å². The van der Waals surface area contributed by atoms with Gasteiger partial charge in [0, 0.05) is 6.61 Å². The summed E-state index contributed by atoms with van der Waals surface area (Å²) in [7, 11) is 0. The minimum absolute atomic E-state index is 0. The normalized spacial score (nSPS) is 4.50. The zero-order valence-corrected chi connectivity index (χ0v) is 6.90. The molecule has 2 heteroatoms. The Morgan fingerprint density at radius 1 is 1.75 bits per heavy atom. The van der Waals surface area contributed by atoms with Gasteiger partial charge < -0.3 is 5.11 Å². The third kappa shape index (κ3) is 14.8. The number of rotatable bonds is 0. The zero-order chi connectivity index (χ0) is 2.71. The minimum atomic E-state index is 0. The van der Waals surface area contributed by atoms with E-state index >= 15 is 0 Å². The van der Waals surface area contributed by atoms with E-state index in [9.17, 15) is 0 Å². The molecule has 0 aliphatic rings. The summed E-state index contributed by atoms with van der Waals surface area (Å²) >= 11 is 0. The summed E-state index contributed by atoms with van der Waals surface area (Å²) in [6.45, 7) is 1.93. The monoisotopic (exact) mass is 168 g/mol. The summed E-state index contributed by atoms with van der Waals surface area (Å²) in [6, 6.07) is 0. The molecule has 2 radical (unpaired) electrons. The molecule has 0 fully saturated rings. The van der Waals surface area contributed by atoms with E-state index < -0.39 is 0 Å². The average molecular weight is 167 g/mol. The molecule has 0 aliphatic carbocycles. The fourth-order valence-corrected chi connectivity index (χ4v) is 0. The van der Waals surface area contributed by atoms with Crippen molar-refractivity contribution in [1.29, 1.82) is 0 Å². The van der Waals surface area contributed by atoms with Crippen molar-refractivity contribution in [2.45, 2.75) is 6.92 Å². The van der Waals surface area contributed by atoms with Crippen LogP contribution in [0.25, 0.3) is 0 Å². The van der Waals surface area contributed by atoms with Crippen molar-refractivity contribution in [1.82, 2.24) is 0 Å². The second kappa shape index (κ2) is 9.25. The van der Waals surface area contributed by atoms with Crippen molar-refractivity contribution < 1.29 is 5.11 Å². The van der Waals surface area contributed by atoms with Gasteiger partial charge in [0.2, 0.25) is 0 Å². The van der Waals surface area contributed by atoms with Gasteiger partial charge in [-0.1, -0.05) is 0 Å². The van der Waals surface area contributed by atoms with E-state index in [-0.39, 0.29) is 30.5 Å². The van der Waals surface area contributed by atoms with Crippen molar-refractivity contribution in [3.63, 3.8) is 0 Å². The zero-order valence-electron chi connectivity index (χ0n) is 2.86. The van der Waals surface area contributed by atoms with Crippen LogP contribution in [0.4, 0.5) is 0 Å². The van der Waals surface area contributed by atoms with Crippen LogP contribution in [0.5, 0.6) is 0 Å². The topological polar surface area (TPSA) is 20.2 Å². The maximum absolute atomic E-state index is 7.57. The standard InChI is InChI=1S/C2H6O.Sn.2H/c1-2-3;;;/h3H,2H2,1H3;;;. The first-order valence-electron chi connectivity index (χ1n) is 1.02. The molecule has 0 aromatic rings. The molecule has 1 nitrogen and oxygen atoms in total. The Hall–Kier alpha value is 0.759. The van der Waals surface area contributed by atoms with E-state index in [1.165, 1.54) is 0 Å². The predicted octanol–water partition coefficient (Wildman–Crippen LogP) is -0.918. The van der Waals surface area contributed by atoms with Gasteiger partial charge in [-0.2, -0.15) is 0 Å². The van der Waals surface area contributed by atoms with Crippen LogP contribution < -0.4 is 0 Å². The van der Waals surface area contributed by atoms with E-state index in [1.807, 2.05) is 0 Å². The van der Waals surface area contributed by atoms with Gasteiger partial charge in [-0.25, -0.2) is 0 Å². The summed E-state index contributed by atoms with van der Waals surface area (Å²) in [5.41, 5.74) is 0. The Morgan fingerprint density at radius 2 is 1.75 bits per heavy atom. The van der Waals surface area contributed by atoms with Crippen LogP contribution in [0.15, 0.2) is 0 Å². The van der Waals surface area contributed by atoms with Crippen LogP contribution in [0.3, 0.4) is 0 Å². The van der Waals surface area contributed by atoms with Gasteiger partial charge in [-0.3, -0.25) is 0 Å². The van der Waals surface area contributed by atoms with Crippen LogP contribution in [0.1, 0.15) is 6.92 Å². The molecule has 0 rings (SSSR count). The first-order valence-corrected chi connectivity index (χ1v) is 1.02. The van der Waals surface area contributed by atoms with Gasteiger partial charge in [-0.15, -0.1) is 0 Å². The molecule has 0 amide bonds. The Balaban J connectivity index is 0. The third-order valence-electron chi connectivity index (χ3n) is 0. The molecular formula is C2H8OSn. The number of hydrogen-bond donors (Lipinski definition) is 1. The summed E-state index contributed by atoms with van der Waals surface area (Å²) in [6.07, 6.45) is 0. The quantitative estimate of drug-likeness (QED) is 0.462. The fourth-order valence-electron chi connectivity index (χ4n) is 0. The van der Waals surface area contributed by atoms with Crippen LogP contribution in [-0.4, -0.2) is 35.6 Å². The molecule has 1 N–H and O–H groups in total. The molecule has 0 aromatic carbocycles. The van der Waals surface area contributed by atoms with Crippen LogP contribution in [-0.2, 0) is 0 Å². The van der Waals surface area contributed by atoms with Crippen LogP contribution in [0, 0.1) is 0 Å². The van der Waals surface area contributed by atoms with Gasteiger partial charge in [0.25, 0.3) is 0 Å². The first kappa shape index (κ1) is 8.83. The third-order valence-corrected chi connectivity index (χ3v) is 0. The number of aliphatic hydroxyl groups is 1. The number of hydrogen-bond acceptors (Lipinski definition) is 1. The molecule has 0 spiro atoms. The summed E-state index contributed by atoms with van der Waals surface area (Å²) < 4.78 is 0. The molecule has 0 atom stereocenters. The van der Waals surface area contributed by atoms with Gasteiger partial charge in [-0.05, 0) is 6.92 Å². The van der Waals surface area contributed by atoms with Crippen LogP contribution >= 0.6 is 0 Å². The maximum atomic E-state index is 7.57. The van der Waals surface area contributed by atoms with Crippen molar-refractivity contribution >= 4 is 23.9 Å². The molecule has 0 aromatic heterocycles. The second-order valence-corrected chi connectivity index (χ2v) is 0.316. The Kier molecular flexibility index (Phi) is 20.4. The van der Waals surface area contributed by atoms with E-state index in [1.54, 1.807) is 6.92 Å². The molecular weight excluding hydrogens is 159 g/mol. The first-order chi connectivity index (χ1) is 1.41. The molecule has 0 aliphatic heterocycles. The van der Waals surface area contributed by atoms with E-state index in [4.69, 9.17) is 5.11 Å². The Morgan fingerprint density at radius 3 is 1.75 bits per heavy atom. The molecule has 0 bridgehead atoms. The van der Waals surface area contributed by atoms with Crippen molar-refractivity contribution in [3.8, 4) is 0 Å². The Labute approximate surface area is 43.0 Å². The molecule has 0 saturated heterocycles. The number of aliphatic hydroxyl groups excluding tert-OH is 1. The van der Waals surface area contributed by atoms with Crippen LogP contribution in [0.2, 0.25) is 0 Å². The van der Waals surface area contributed by atoms with Crippen molar-refractivity contribution in [3.05, 3.63) is 0 Å². The van der Waals surface area contributed by atoms with E-state index in [2.05, 4.69) is 0 Å². The van der Waals surface area contributed by atoms with E-state index in [0.29, 0.717) is 0 Å². The fraction of sp³-hybridized carbons (Fsp3) is 1.00. The summed E-state index contributed by atoms with van der Waals surface area (Å²) in [4.78, 5) is 0. The molecule has 0 saturated carbocycles. The summed E-state index contributed by atoms with van der Waals surface area (Å²) in [5.74, 6) is 0. The molecule has 26 valence electrons. The summed E-state index contributed by atoms with van der Waals surface area (Å²) in [5, 5.41) is 7.57. The van der Waals surface area contributed by atoms with E-state index in [0.717, 1.165) is 0 Å². The molecule has 0 unspecified atom stereocenters. The second-order valence-electron chi connectivity index (χ2n) is 0.316. The average Bonchev–Trinajstić information content (AvgIpc) is 0.918. The van der Waals surface area contributed by atoms with Gasteiger partial charge in [0.1, 0.15) is 0 Å². The molecule has 4 heavy (non-hydrogen) atoms. The van der Waals surface area contributed by atoms with Crippen molar-refractivity contribution in [2.75, 3.05) is 6.61 Å². The van der Waals surface area contributed by atoms with Crippen molar-refractivity contribution in [2.24, 2.45) is 0 Å².